The summed E-state index contributed by atoms with van der Waals surface area (Å²) < 4.78 is 1.29. The fraction of sp³-hybridized carbons (Fsp3) is 0.364. The van der Waals surface area contributed by atoms with Gasteiger partial charge in [0.15, 0.2) is 0 Å². The quantitative estimate of drug-likeness (QED) is 0.713. The Hall–Kier alpha value is -1.09. The summed E-state index contributed by atoms with van der Waals surface area (Å²) in [5, 5.41) is 3.49. The Balaban J connectivity index is 2.19. The smallest absolute Gasteiger partial charge is 0.0816 e. The molecule has 1 N–H and O–H groups in total. The van der Waals surface area contributed by atoms with Gasteiger partial charge < -0.3 is 5.32 Å². The maximum atomic E-state index is 4.35. The molecule has 3 rings (SSSR count). The first-order valence-electron chi connectivity index (χ1n) is 5.03. The van der Waals surface area contributed by atoms with Crippen molar-refractivity contribution in [1.82, 2.24) is 4.98 Å². The van der Waals surface area contributed by atoms with Crippen molar-refractivity contribution in [3.63, 3.8) is 0 Å². The summed E-state index contributed by atoms with van der Waals surface area (Å²) >= 11 is 1.72. The summed E-state index contributed by atoms with van der Waals surface area (Å²) in [4.78, 5) is 4.35. The van der Waals surface area contributed by atoms with Gasteiger partial charge in [0.25, 0.3) is 0 Å². The molecule has 2 aromatic rings. The van der Waals surface area contributed by atoms with Gasteiger partial charge in [-0.3, -0.25) is 0 Å². The van der Waals surface area contributed by atoms with Crippen LogP contribution in [-0.4, -0.2) is 11.5 Å². The van der Waals surface area contributed by atoms with Crippen molar-refractivity contribution in [2.45, 2.75) is 19.3 Å². The Morgan fingerprint density at radius 1 is 1.29 bits per heavy atom. The van der Waals surface area contributed by atoms with Crippen LogP contribution in [0.1, 0.15) is 18.4 Å². The SMILES string of the molecule is c1nc2cc3c(cc2s1)NCCCC3. The second kappa shape index (κ2) is 3.24. The molecule has 0 saturated heterocycles. The second-order valence-corrected chi connectivity index (χ2v) is 4.60. The Bertz CT molecular complexity index is 421. The fourth-order valence-electron chi connectivity index (χ4n) is 1.98. The van der Waals surface area contributed by atoms with Crippen LogP contribution in [0.5, 0.6) is 0 Å². The average Bonchev–Trinajstić information content (AvgIpc) is 2.51. The highest BCUT2D eigenvalue weighted by molar-refractivity contribution is 7.16. The number of anilines is 1. The Kier molecular flexibility index (Phi) is 1.91. The van der Waals surface area contributed by atoms with Crippen molar-refractivity contribution in [3.8, 4) is 0 Å². The summed E-state index contributed by atoms with van der Waals surface area (Å²) in [6.45, 7) is 1.11. The van der Waals surface area contributed by atoms with Crippen molar-refractivity contribution in [1.29, 1.82) is 0 Å². The van der Waals surface area contributed by atoms with Gasteiger partial charge in [-0.1, -0.05) is 0 Å². The van der Waals surface area contributed by atoms with Crippen LogP contribution in [0.4, 0.5) is 5.69 Å². The highest BCUT2D eigenvalue weighted by Crippen LogP contribution is 2.28. The van der Waals surface area contributed by atoms with Crippen LogP contribution < -0.4 is 5.32 Å². The van der Waals surface area contributed by atoms with E-state index in [1.807, 2.05) is 5.51 Å². The van der Waals surface area contributed by atoms with Crippen LogP contribution in [-0.2, 0) is 6.42 Å². The number of benzene rings is 1. The summed E-state index contributed by atoms with van der Waals surface area (Å²) in [6.07, 6.45) is 3.75. The zero-order chi connectivity index (χ0) is 9.38. The van der Waals surface area contributed by atoms with Crippen molar-refractivity contribution in [2.75, 3.05) is 11.9 Å². The van der Waals surface area contributed by atoms with Crippen molar-refractivity contribution in [2.24, 2.45) is 0 Å². The molecule has 1 aromatic carbocycles. The fourth-order valence-corrected chi connectivity index (χ4v) is 2.68. The molecule has 0 aliphatic carbocycles. The summed E-state index contributed by atoms with van der Waals surface area (Å²) in [6, 6.07) is 4.48. The number of nitrogens with zero attached hydrogens (tertiary/aromatic N) is 1. The lowest BCUT2D eigenvalue weighted by atomic mass is 10.1. The normalized spacial score (nSPS) is 16.0. The number of rotatable bonds is 0. The largest absolute Gasteiger partial charge is 0.385 e. The number of aryl methyl sites for hydroxylation is 1. The first-order chi connectivity index (χ1) is 6.93. The maximum absolute atomic E-state index is 4.35. The molecular weight excluding hydrogens is 192 g/mol. The van der Waals surface area contributed by atoms with Crippen LogP contribution in [0.2, 0.25) is 0 Å². The van der Waals surface area contributed by atoms with E-state index in [1.54, 1.807) is 11.3 Å². The zero-order valence-electron chi connectivity index (χ0n) is 7.92. The van der Waals surface area contributed by atoms with Crippen LogP contribution in [0, 0.1) is 0 Å². The van der Waals surface area contributed by atoms with Gasteiger partial charge in [-0.25, -0.2) is 4.98 Å². The third-order valence-electron chi connectivity index (χ3n) is 2.74. The third-order valence-corrected chi connectivity index (χ3v) is 3.54. The standard InChI is InChI=1S/C11H12N2S/c1-2-4-12-9-6-11-10(13-7-14-11)5-8(9)3-1/h5-7,12H,1-4H2. The van der Waals surface area contributed by atoms with Gasteiger partial charge in [0.2, 0.25) is 0 Å². The molecule has 0 amide bonds. The number of hydrogen-bond donors (Lipinski definition) is 1. The first-order valence-corrected chi connectivity index (χ1v) is 5.91. The predicted molar refractivity (Wildman–Crippen MR) is 61.0 cm³/mol. The molecule has 1 aromatic heterocycles. The molecule has 0 bridgehead atoms. The minimum atomic E-state index is 1.11. The summed E-state index contributed by atoms with van der Waals surface area (Å²) in [5.74, 6) is 0. The van der Waals surface area contributed by atoms with Gasteiger partial charge in [0.1, 0.15) is 0 Å². The molecule has 1 aliphatic heterocycles. The molecule has 0 fully saturated rings. The number of hydrogen-bond acceptors (Lipinski definition) is 3. The van der Waals surface area contributed by atoms with Crippen LogP contribution in [0.25, 0.3) is 10.2 Å². The third kappa shape index (κ3) is 1.28. The molecule has 72 valence electrons. The lowest BCUT2D eigenvalue weighted by molar-refractivity contribution is 0.786. The van der Waals surface area contributed by atoms with E-state index in [-0.39, 0.29) is 0 Å². The molecule has 0 unspecified atom stereocenters. The molecule has 1 aliphatic rings. The highest BCUT2D eigenvalue weighted by atomic mass is 32.1. The van der Waals surface area contributed by atoms with E-state index in [9.17, 15) is 0 Å². The number of thiazole rings is 1. The van der Waals surface area contributed by atoms with E-state index in [4.69, 9.17) is 0 Å². The lowest BCUT2D eigenvalue weighted by Gasteiger charge is -2.06. The Morgan fingerprint density at radius 3 is 3.29 bits per heavy atom. The average molecular weight is 204 g/mol. The molecule has 0 spiro atoms. The predicted octanol–water partition coefficient (Wildman–Crippen LogP) is 3.04. The Morgan fingerprint density at radius 2 is 2.29 bits per heavy atom. The topological polar surface area (TPSA) is 24.9 Å². The summed E-state index contributed by atoms with van der Waals surface area (Å²) in [7, 11) is 0. The van der Waals surface area contributed by atoms with Crippen molar-refractivity contribution < 1.29 is 0 Å². The van der Waals surface area contributed by atoms with Crippen LogP contribution in [0.3, 0.4) is 0 Å². The molecule has 2 nitrogen and oxygen atoms in total. The molecule has 2 heterocycles. The first kappa shape index (κ1) is 8.24. The van der Waals surface area contributed by atoms with Gasteiger partial charge in [0, 0.05) is 12.2 Å². The minimum Gasteiger partial charge on any atom is -0.385 e. The monoisotopic (exact) mass is 204 g/mol. The molecule has 3 heteroatoms. The maximum Gasteiger partial charge on any atom is 0.0816 e. The highest BCUT2D eigenvalue weighted by Gasteiger charge is 2.09. The molecule has 0 saturated carbocycles. The van der Waals surface area contributed by atoms with E-state index >= 15 is 0 Å². The van der Waals surface area contributed by atoms with Gasteiger partial charge in [-0.2, -0.15) is 0 Å². The van der Waals surface area contributed by atoms with Crippen molar-refractivity contribution >= 4 is 27.2 Å². The van der Waals surface area contributed by atoms with E-state index in [2.05, 4.69) is 22.4 Å². The second-order valence-electron chi connectivity index (χ2n) is 3.71. The molecule has 0 radical (unpaired) electrons. The minimum absolute atomic E-state index is 1.11. The molecule has 0 atom stereocenters. The summed E-state index contributed by atoms with van der Waals surface area (Å²) in [5.41, 5.74) is 5.82. The molecule has 14 heavy (non-hydrogen) atoms. The van der Waals surface area contributed by atoms with E-state index in [0.717, 1.165) is 12.1 Å². The van der Waals surface area contributed by atoms with Gasteiger partial charge in [0.05, 0.1) is 15.7 Å². The molecular formula is C11H12N2S. The Labute approximate surface area is 87.0 Å². The van der Waals surface area contributed by atoms with Crippen molar-refractivity contribution in [3.05, 3.63) is 23.2 Å². The number of aromatic nitrogens is 1. The van der Waals surface area contributed by atoms with Gasteiger partial charge in [-0.15, -0.1) is 11.3 Å². The zero-order valence-corrected chi connectivity index (χ0v) is 8.73. The van der Waals surface area contributed by atoms with Gasteiger partial charge >= 0.3 is 0 Å². The van der Waals surface area contributed by atoms with Crippen LogP contribution in [0.15, 0.2) is 17.6 Å². The van der Waals surface area contributed by atoms with E-state index in [0.29, 0.717) is 0 Å². The lowest BCUT2D eigenvalue weighted by Crippen LogP contribution is -1.98. The number of fused-ring (bicyclic) bond motifs is 2. The van der Waals surface area contributed by atoms with Gasteiger partial charge in [-0.05, 0) is 37.0 Å². The van der Waals surface area contributed by atoms with E-state index < -0.39 is 0 Å². The van der Waals surface area contributed by atoms with E-state index in [1.165, 1.54) is 35.2 Å². The number of nitrogens with one attached hydrogen (secondary N) is 1. The van der Waals surface area contributed by atoms with Crippen LogP contribution >= 0.6 is 11.3 Å².